The van der Waals surface area contributed by atoms with Crippen LogP contribution in [0, 0.1) is 0 Å². The van der Waals surface area contributed by atoms with E-state index in [-0.39, 0.29) is 6.15 Å². The van der Waals surface area contributed by atoms with Gasteiger partial charge in [0.15, 0.2) is 12.6 Å². The Morgan fingerprint density at radius 1 is 0.667 bits per heavy atom. The quantitative estimate of drug-likeness (QED) is 0.229. The Bertz CT molecular complexity index is 386. The molecule has 12 nitrogen and oxygen atoms in total. The highest BCUT2D eigenvalue weighted by atomic mass is 16.7. The van der Waals surface area contributed by atoms with Crippen LogP contribution in [0.25, 0.3) is 0 Å². The Morgan fingerprint density at radius 3 is 1.79 bits per heavy atom. The minimum Gasteiger partial charge on any atom is -0.394 e. The second-order valence-electron chi connectivity index (χ2n) is 5.57. The molecule has 0 aromatic carbocycles. The molecule has 11 N–H and O–H groups in total. The highest BCUT2D eigenvalue weighted by Crippen LogP contribution is 2.24. The standard InChI is InChI=1S/C12H22O11.H3N/c13-1-3-5(14)8(17)10(19)12(23-3)21-2-4-6(15)7(16)9(18)11(20)22-4;/h3-20H,1-2H2;1H3/t3-,4-,5-,6-,7+,8+,9-,10-,11+,12-;/m1./s1. The summed E-state index contributed by atoms with van der Waals surface area (Å²) >= 11 is 0. The molecule has 0 aliphatic carbocycles. The van der Waals surface area contributed by atoms with Crippen LogP contribution in [0.3, 0.4) is 0 Å². The van der Waals surface area contributed by atoms with E-state index in [4.69, 9.17) is 19.3 Å². The Balaban J connectivity index is 0.00000288. The van der Waals surface area contributed by atoms with Gasteiger partial charge in [-0.2, -0.15) is 0 Å². The van der Waals surface area contributed by atoms with Gasteiger partial charge in [-0.05, 0) is 0 Å². The normalized spacial score (nSPS) is 49.5. The van der Waals surface area contributed by atoms with E-state index >= 15 is 0 Å². The number of aliphatic hydroxyl groups excluding tert-OH is 8. The molecule has 0 unspecified atom stereocenters. The highest BCUT2D eigenvalue weighted by molar-refractivity contribution is 4.91. The first-order chi connectivity index (χ1) is 10.8. The second-order valence-corrected chi connectivity index (χ2v) is 5.57. The summed E-state index contributed by atoms with van der Waals surface area (Å²) in [7, 11) is 0. The molecule has 24 heavy (non-hydrogen) atoms. The molecule has 2 rings (SSSR count). The Morgan fingerprint density at radius 2 is 1.21 bits per heavy atom. The first-order valence-electron chi connectivity index (χ1n) is 7.07. The molecule has 2 heterocycles. The smallest absolute Gasteiger partial charge is 0.186 e. The zero-order valence-electron chi connectivity index (χ0n) is 12.7. The van der Waals surface area contributed by atoms with Crippen LogP contribution in [0.15, 0.2) is 0 Å². The molecule has 12 heteroatoms. The van der Waals surface area contributed by atoms with Gasteiger partial charge in [-0.3, -0.25) is 0 Å². The molecule has 144 valence electrons. The minimum atomic E-state index is -1.74. The second kappa shape index (κ2) is 8.75. The average molecular weight is 359 g/mol. The maximum absolute atomic E-state index is 9.78. The lowest BCUT2D eigenvalue weighted by atomic mass is 9.98. The molecule has 0 radical (unpaired) electrons. The molecule has 0 spiro atoms. The Kier molecular flexibility index (Phi) is 7.86. The zero-order chi connectivity index (χ0) is 17.3. The summed E-state index contributed by atoms with van der Waals surface area (Å²) in [4.78, 5) is 0. The van der Waals surface area contributed by atoms with Crippen LogP contribution >= 0.6 is 0 Å². The SMILES string of the molecule is N.OC[C@H]1O[C@@H](OC[C@H]2O[C@H](O)[C@H](O)[C@@H](O)[C@@H]2O)[C@H](O)[C@@H](O)[C@@H]1O. The van der Waals surface area contributed by atoms with Crippen molar-refractivity contribution in [2.75, 3.05) is 13.2 Å². The van der Waals surface area contributed by atoms with Gasteiger partial charge in [0.2, 0.25) is 0 Å². The van der Waals surface area contributed by atoms with Gasteiger partial charge in [0.25, 0.3) is 0 Å². The fourth-order valence-electron chi connectivity index (χ4n) is 2.46. The molecule has 2 saturated heterocycles. The molecule has 2 aliphatic heterocycles. The average Bonchev–Trinajstić information content (AvgIpc) is 2.54. The summed E-state index contributed by atoms with van der Waals surface area (Å²) in [6.07, 6.45) is -15.3. The van der Waals surface area contributed by atoms with Gasteiger partial charge >= 0.3 is 0 Å². The van der Waals surface area contributed by atoms with Crippen LogP contribution < -0.4 is 6.15 Å². The van der Waals surface area contributed by atoms with Crippen LogP contribution in [-0.2, 0) is 14.2 Å². The summed E-state index contributed by atoms with van der Waals surface area (Å²) in [5.74, 6) is 0. The van der Waals surface area contributed by atoms with Crippen molar-refractivity contribution in [2.24, 2.45) is 0 Å². The van der Waals surface area contributed by atoms with Crippen molar-refractivity contribution in [3.8, 4) is 0 Å². The lowest BCUT2D eigenvalue weighted by Gasteiger charge is -2.41. The lowest BCUT2D eigenvalue weighted by Crippen LogP contribution is -2.61. The van der Waals surface area contributed by atoms with Crippen LogP contribution in [0.5, 0.6) is 0 Å². The maximum Gasteiger partial charge on any atom is 0.186 e. The van der Waals surface area contributed by atoms with E-state index in [2.05, 4.69) is 0 Å². The third-order valence-electron chi connectivity index (χ3n) is 3.96. The third kappa shape index (κ3) is 4.19. The summed E-state index contributed by atoms with van der Waals surface area (Å²) < 4.78 is 15.1. The van der Waals surface area contributed by atoms with E-state index in [0.717, 1.165) is 0 Å². The molecular weight excluding hydrogens is 334 g/mol. The zero-order valence-corrected chi connectivity index (χ0v) is 12.7. The molecule has 10 atom stereocenters. The van der Waals surface area contributed by atoms with Gasteiger partial charge in [-0.1, -0.05) is 0 Å². The van der Waals surface area contributed by atoms with Crippen molar-refractivity contribution in [3.63, 3.8) is 0 Å². The summed E-state index contributed by atoms with van der Waals surface area (Å²) in [5, 5.41) is 76.1. The van der Waals surface area contributed by atoms with E-state index in [9.17, 15) is 35.7 Å². The molecule has 0 saturated carbocycles. The van der Waals surface area contributed by atoms with Crippen LogP contribution in [0.2, 0.25) is 0 Å². The number of hydrogen-bond donors (Lipinski definition) is 9. The van der Waals surface area contributed by atoms with Gasteiger partial charge in [-0.15, -0.1) is 0 Å². The van der Waals surface area contributed by atoms with Crippen LogP contribution in [0.4, 0.5) is 0 Å². The van der Waals surface area contributed by atoms with Gasteiger partial charge in [0, 0.05) is 0 Å². The maximum atomic E-state index is 9.78. The van der Waals surface area contributed by atoms with Gasteiger partial charge in [0.05, 0.1) is 13.2 Å². The predicted molar refractivity (Wildman–Crippen MR) is 73.6 cm³/mol. The number of ether oxygens (including phenoxy) is 3. The van der Waals surface area contributed by atoms with Crippen molar-refractivity contribution in [1.29, 1.82) is 0 Å². The first-order valence-corrected chi connectivity index (χ1v) is 7.07. The number of rotatable bonds is 4. The topological polar surface area (TPSA) is 225 Å². The minimum absolute atomic E-state index is 0. The molecule has 2 fully saturated rings. The summed E-state index contributed by atoms with van der Waals surface area (Å²) in [5.41, 5.74) is 0. The predicted octanol–water partition coefficient (Wildman–Crippen LogP) is -5.24. The highest BCUT2D eigenvalue weighted by Gasteiger charge is 2.46. The molecule has 0 aromatic heterocycles. The molecule has 0 bridgehead atoms. The fraction of sp³-hybridized carbons (Fsp3) is 1.00. The summed E-state index contributed by atoms with van der Waals surface area (Å²) in [6, 6.07) is 0. The van der Waals surface area contributed by atoms with Crippen molar-refractivity contribution in [2.45, 2.75) is 61.4 Å². The third-order valence-corrected chi connectivity index (χ3v) is 3.96. The van der Waals surface area contributed by atoms with Crippen LogP contribution in [-0.4, -0.2) is 115 Å². The Hall–Kier alpha value is -0.480. The monoisotopic (exact) mass is 359 g/mol. The van der Waals surface area contributed by atoms with E-state index in [1.165, 1.54) is 0 Å². The van der Waals surface area contributed by atoms with E-state index in [1.54, 1.807) is 0 Å². The summed E-state index contributed by atoms with van der Waals surface area (Å²) in [6.45, 7) is -1.10. The van der Waals surface area contributed by atoms with Crippen molar-refractivity contribution >= 4 is 0 Å². The van der Waals surface area contributed by atoms with E-state index in [0.29, 0.717) is 0 Å². The molecule has 0 aromatic rings. The van der Waals surface area contributed by atoms with E-state index in [1.807, 2.05) is 0 Å². The van der Waals surface area contributed by atoms with Gasteiger partial charge in [0.1, 0.15) is 48.8 Å². The van der Waals surface area contributed by atoms with E-state index < -0.39 is 74.6 Å². The Labute approximate surface area is 137 Å². The molecule has 2 aliphatic rings. The first kappa shape index (κ1) is 21.6. The van der Waals surface area contributed by atoms with Crippen molar-refractivity contribution in [3.05, 3.63) is 0 Å². The lowest BCUT2D eigenvalue weighted by molar-refractivity contribution is -0.325. The molecular formula is C12H25NO11. The van der Waals surface area contributed by atoms with Gasteiger partial charge in [-0.25, -0.2) is 0 Å². The van der Waals surface area contributed by atoms with Gasteiger partial charge < -0.3 is 61.2 Å². The van der Waals surface area contributed by atoms with Crippen molar-refractivity contribution in [1.82, 2.24) is 6.15 Å². The molecule has 0 amide bonds. The van der Waals surface area contributed by atoms with Crippen LogP contribution in [0.1, 0.15) is 0 Å². The number of aliphatic hydroxyl groups is 8. The van der Waals surface area contributed by atoms with Crippen molar-refractivity contribution < 1.29 is 55.1 Å². The largest absolute Gasteiger partial charge is 0.394 e. The fourth-order valence-corrected chi connectivity index (χ4v) is 2.46. The number of hydrogen-bond acceptors (Lipinski definition) is 12.